The highest BCUT2D eigenvalue weighted by molar-refractivity contribution is 6.20. The number of unbranched alkanes of at least 4 members (excludes halogenated alkanes) is 15. The van der Waals surface area contributed by atoms with Crippen LogP contribution in [0.25, 0.3) is 5.70 Å². The predicted molar refractivity (Wildman–Crippen MR) is 163 cm³/mol. The van der Waals surface area contributed by atoms with Crippen LogP contribution in [0.15, 0.2) is 29.8 Å². The van der Waals surface area contributed by atoms with E-state index in [-0.39, 0.29) is 11.3 Å². The summed E-state index contributed by atoms with van der Waals surface area (Å²) in [7, 11) is 0. The van der Waals surface area contributed by atoms with Gasteiger partial charge >= 0.3 is 17.9 Å². The third kappa shape index (κ3) is 11.9. The SMILES string of the molecule is CCCCCCCCCCCCCCCCCCOC(=O)c1ccc(C(N)=C2C(=O)OC(CC)(CC)OC2=O)cc1. The fourth-order valence-corrected chi connectivity index (χ4v) is 5.13. The van der Waals surface area contributed by atoms with Gasteiger partial charge in [0.05, 0.1) is 17.9 Å². The Morgan fingerprint density at radius 3 is 1.46 bits per heavy atom. The molecule has 1 aliphatic rings. The van der Waals surface area contributed by atoms with Gasteiger partial charge in [0.1, 0.15) is 0 Å². The largest absolute Gasteiger partial charge is 0.462 e. The Balaban J connectivity index is 1.58. The summed E-state index contributed by atoms with van der Waals surface area (Å²) >= 11 is 0. The lowest BCUT2D eigenvalue weighted by Gasteiger charge is -2.35. The van der Waals surface area contributed by atoms with Gasteiger partial charge in [-0.2, -0.15) is 0 Å². The molecule has 0 aliphatic carbocycles. The van der Waals surface area contributed by atoms with E-state index in [4.69, 9.17) is 19.9 Å². The minimum atomic E-state index is -1.25. The molecule has 2 N–H and O–H groups in total. The van der Waals surface area contributed by atoms with E-state index in [1.807, 2.05) is 0 Å². The molecule has 1 heterocycles. The van der Waals surface area contributed by atoms with Gasteiger partial charge in [-0.1, -0.05) is 129 Å². The number of hydrogen-bond donors (Lipinski definition) is 1. The molecule has 230 valence electrons. The smallest absolute Gasteiger partial charge is 0.351 e. The van der Waals surface area contributed by atoms with Crippen LogP contribution in [0.3, 0.4) is 0 Å². The van der Waals surface area contributed by atoms with Gasteiger partial charge in [0, 0.05) is 12.8 Å². The van der Waals surface area contributed by atoms with Gasteiger partial charge in [-0.15, -0.1) is 0 Å². The summed E-state index contributed by atoms with van der Waals surface area (Å²) in [6.45, 7) is 6.21. The standard InChI is InChI=1S/C34H53NO6/c1-4-7-8-9-10-11-12-13-14-15-16-17-18-19-20-21-26-39-31(36)28-24-22-27(23-25-28)30(35)29-32(37)40-34(5-2,6-3)41-33(29)38/h22-25H,4-21,26,35H2,1-3H3. The van der Waals surface area contributed by atoms with Gasteiger partial charge in [-0.05, 0) is 24.1 Å². The third-order valence-electron chi connectivity index (χ3n) is 7.97. The molecule has 1 aromatic rings. The van der Waals surface area contributed by atoms with E-state index in [9.17, 15) is 14.4 Å². The maximum atomic E-state index is 12.5. The Morgan fingerprint density at radius 1 is 0.659 bits per heavy atom. The second kappa shape index (κ2) is 19.3. The van der Waals surface area contributed by atoms with Gasteiger partial charge in [0.25, 0.3) is 5.79 Å². The maximum Gasteiger partial charge on any atom is 0.351 e. The molecule has 0 radical (unpaired) electrons. The fourth-order valence-electron chi connectivity index (χ4n) is 5.13. The van der Waals surface area contributed by atoms with Gasteiger partial charge in [0.15, 0.2) is 5.57 Å². The first-order valence-corrected chi connectivity index (χ1v) is 16.1. The van der Waals surface area contributed by atoms with E-state index in [2.05, 4.69) is 6.92 Å². The topological polar surface area (TPSA) is 105 Å². The van der Waals surface area contributed by atoms with Crippen LogP contribution in [0.5, 0.6) is 0 Å². The Hall–Kier alpha value is -2.83. The lowest BCUT2D eigenvalue weighted by atomic mass is 10.0. The summed E-state index contributed by atoms with van der Waals surface area (Å²) in [5.41, 5.74) is 6.54. The molecule has 1 aliphatic heterocycles. The molecule has 7 nitrogen and oxygen atoms in total. The molecule has 1 fully saturated rings. The first-order chi connectivity index (χ1) is 19.9. The average molecular weight is 572 g/mol. The summed E-state index contributed by atoms with van der Waals surface area (Å²) < 4.78 is 16.2. The maximum absolute atomic E-state index is 12.5. The van der Waals surface area contributed by atoms with Crippen molar-refractivity contribution in [2.45, 2.75) is 142 Å². The highest BCUT2D eigenvalue weighted by atomic mass is 16.7. The number of hydrogen-bond acceptors (Lipinski definition) is 7. The number of cyclic esters (lactones) is 2. The third-order valence-corrected chi connectivity index (χ3v) is 7.97. The van der Waals surface area contributed by atoms with E-state index < -0.39 is 23.7 Å². The van der Waals surface area contributed by atoms with Crippen LogP contribution in [0, 0.1) is 0 Å². The Bertz CT molecular complexity index is 942. The molecule has 0 amide bonds. The number of benzene rings is 1. The van der Waals surface area contributed by atoms with Crippen molar-refractivity contribution in [3.8, 4) is 0 Å². The van der Waals surface area contributed by atoms with Gasteiger partial charge in [-0.25, -0.2) is 14.4 Å². The Labute approximate surface area is 247 Å². The molecular weight excluding hydrogens is 518 g/mol. The van der Waals surface area contributed by atoms with Crippen LogP contribution in [-0.4, -0.2) is 30.3 Å². The molecular formula is C34H53NO6. The van der Waals surface area contributed by atoms with Crippen molar-refractivity contribution in [1.82, 2.24) is 0 Å². The summed E-state index contributed by atoms with van der Waals surface area (Å²) in [6, 6.07) is 6.30. The molecule has 2 rings (SSSR count). The van der Waals surface area contributed by atoms with E-state index in [0.29, 0.717) is 30.6 Å². The van der Waals surface area contributed by atoms with Crippen LogP contribution in [0.1, 0.15) is 152 Å². The van der Waals surface area contributed by atoms with Crippen LogP contribution >= 0.6 is 0 Å². The van der Waals surface area contributed by atoms with Crippen molar-refractivity contribution in [2.24, 2.45) is 5.73 Å². The van der Waals surface area contributed by atoms with Crippen molar-refractivity contribution in [3.63, 3.8) is 0 Å². The van der Waals surface area contributed by atoms with E-state index in [1.165, 1.54) is 89.9 Å². The zero-order valence-electron chi connectivity index (χ0n) is 25.8. The minimum Gasteiger partial charge on any atom is -0.462 e. The fraction of sp³-hybridized carbons (Fsp3) is 0.676. The molecule has 0 bridgehead atoms. The highest BCUT2D eigenvalue weighted by Gasteiger charge is 2.44. The Morgan fingerprint density at radius 2 is 1.05 bits per heavy atom. The molecule has 41 heavy (non-hydrogen) atoms. The second-order valence-corrected chi connectivity index (χ2v) is 11.2. The lowest BCUT2D eigenvalue weighted by Crippen LogP contribution is -2.46. The van der Waals surface area contributed by atoms with Crippen LogP contribution in [-0.2, 0) is 23.8 Å². The molecule has 0 saturated carbocycles. The van der Waals surface area contributed by atoms with Crippen LogP contribution in [0.4, 0.5) is 0 Å². The predicted octanol–water partition coefficient (Wildman–Crippen LogP) is 8.39. The van der Waals surface area contributed by atoms with E-state index in [0.717, 1.165) is 12.8 Å². The Kier molecular flexibility index (Phi) is 16.2. The zero-order chi connectivity index (χ0) is 29.9. The molecule has 7 heteroatoms. The summed E-state index contributed by atoms with van der Waals surface area (Å²) in [5, 5.41) is 0. The normalized spacial score (nSPS) is 14.5. The number of rotatable bonds is 21. The van der Waals surface area contributed by atoms with Crippen LogP contribution < -0.4 is 5.73 Å². The number of carbonyl (C=O) groups is 3. The first-order valence-electron chi connectivity index (χ1n) is 16.1. The number of esters is 3. The van der Waals surface area contributed by atoms with Crippen molar-refractivity contribution in [2.75, 3.05) is 6.61 Å². The van der Waals surface area contributed by atoms with Crippen molar-refractivity contribution < 1.29 is 28.6 Å². The molecule has 0 aromatic heterocycles. The first kappa shape index (κ1) is 34.4. The monoisotopic (exact) mass is 571 g/mol. The number of nitrogens with two attached hydrogens (primary N) is 1. The van der Waals surface area contributed by atoms with Crippen LogP contribution in [0.2, 0.25) is 0 Å². The minimum absolute atomic E-state index is 0.0473. The van der Waals surface area contributed by atoms with Crippen molar-refractivity contribution >= 4 is 23.6 Å². The average Bonchev–Trinajstić information content (AvgIpc) is 2.98. The lowest BCUT2D eigenvalue weighted by molar-refractivity contribution is -0.237. The van der Waals surface area contributed by atoms with Crippen molar-refractivity contribution in [1.29, 1.82) is 0 Å². The van der Waals surface area contributed by atoms with Crippen molar-refractivity contribution in [3.05, 3.63) is 41.0 Å². The van der Waals surface area contributed by atoms with E-state index in [1.54, 1.807) is 38.1 Å². The number of carbonyl (C=O) groups excluding carboxylic acids is 3. The van der Waals surface area contributed by atoms with Gasteiger partial charge in [0.2, 0.25) is 0 Å². The van der Waals surface area contributed by atoms with Gasteiger partial charge in [-0.3, -0.25) is 0 Å². The second-order valence-electron chi connectivity index (χ2n) is 11.2. The highest BCUT2D eigenvalue weighted by Crippen LogP contribution is 2.31. The molecule has 0 spiro atoms. The summed E-state index contributed by atoms with van der Waals surface area (Å²) in [5.74, 6) is -3.26. The zero-order valence-corrected chi connectivity index (χ0v) is 25.8. The quantitative estimate of drug-likeness (QED) is 0.0683. The van der Waals surface area contributed by atoms with Gasteiger partial charge < -0.3 is 19.9 Å². The summed E-state index contributed by atoms with van der Waals surface area (Å²) in [4.78, 5) is 37.5. The molecule has 1 aromatic carbocycles. The molecule has 1 saturated heterocycles. The molecule has 0 atom stereocenters. The van der Waals surface area contributed by atoms with E-state index >= 15 is 0 Å². The number of ether oxygens (including phenoxy) is 3. The summed E-state index contributed by atoms with van der Waals surface area (Å²) in [6.07, 6.45) is 21.5. The molecule has 0 unspecified atom stereocenters.